The minimum atomic E-state index is -1.10. The summed E-state index contributed by atoms with van der Waals surface area (Å²) >= 11 is 7.14. The third-order valence-corrected chi connectivity index (χ3v) is 5.74. The van der Waals surface area contributed by atoms with Gasteiger partial charge in [-0.2, -0.15) is 0 Å². The van der Waals surface area contributed by atoms with Gasteiger partial charge in [0, 0.05) is 15.6 Å². The van der Waals surface area contributed by atoms with Crippen molar-refractivity contribution in [1.29, 1.82) is 0 Å². The quantitative estimate of drug-likeness (QED) is 0.687. The maximum absolute atomic E-state index is 13.6. The molecule has 1 aliphatic heterocycles. The van der Waals surface area contributed by atoms with E-state index in [2.05, 4.69) is 10.6 Å². The predicted octanol–water partition coefficient (Wildman–Crippen LogP) is 4.16. The van der Waals surface area contributed by atoms with E-state index >= 15 is 0 Å². The summed E-state index contributed by atoms with van der Waals surface area (Å²) in [6, 6.07) is 9.37. The molecular formula is C20H18ClFN2O4S. The number of rotatable bonds is 5. The number of benzene rings is 2. The van der Waals surface area contributed by atoms with Crippen LogP contribution >= 0.6 is 23.4 Å². The van der Waals surface area contributed by atoms with Gasteiger partial charge in [-0.3, -0.25) is 14.4 Å². The summed E-state index contributed by atoms with van der Waals surface area (Å²) in [5.41, 5.74) is 1.31. The van der Waals surface area contributed by atoms with Crippen molar-refractivity contribution in [3.63, 3.8) is 0 Å². The number of ether oxygens (including phenoxy) is 1. The third-order valence-electron chi connectivity index (χ3n) is 4.23. The van der Waals surface area contributed by atoms with Gasteiger partial charge in [0.15, 0.2) is 6.10 Å². The first-order valence-electron chi connectivity index (χ1n) is 8.76. The van der Waals surface area contributed by atoms with E-state index in [1.807, 2.05) is 0 Å². The van der Waals surface area contributed by atoms with Gasteiger partial charge in [0.2, 0.25) is 5.91 Å². The number of nitrogens with one attached hydrogen (secondary N) is 2. The maximum atomic E-state index is 13.6. The molecule has 0 bridgehead atoms. The zero-order chi connectivity index (χ0) is 21.1. The lowest BCUT2D eigenvalue weighted by Gasteiger charge is -2.24. The van der Waals surface area contributed by atoms with Gasteiger partial charge < -0.3 is 15.4 Å². The molecule has 2 amide bonds. The summed E-state index contributed by atoms with van der Waals surface area (Å²) in [5.74, 6) is -2.07. The van der Waals surface area contributed by atoms with Crippen LogP contribution in [0.25, 0.3) is 0 Å². The van der Waals surface area contributed by atoms with Gasteiger partial charge in [-0.15, -0.1) is 11.8 Å². The maximum Gasteiger partial charge on any atom is 0.308 e. The fraction of sp³-hybridized carbons (Fsp3) is 0.250. The summed E-state index contributed by atoms with van der Waals surface area (Å²) in [6.45, 7) is 3.01. The van der Waals surface area contributed by atoms with Gasteiger partial charge in [-0.25, -0.2) is 4.39 Å². The Morgan fingerprint density at radius 3 is 2.79 bits per heavy atom. The number of carbonyl (C=O) groups is 3. The molecule has 0 aromatic heterocycles. The van der Waals surface area contributed by atoms with Crippen molar-refractivity contribution in [1.82, 2.24) is 0 Å². The molecule has 6 nitrogen and oxygen atoms in total. The van der Waals surface area contributed by atoms with Crippen LogP contribution in [0.5, 0.6) is 0 Å². The van der Waals surface area contributed by atoms with Crippen LogP contribution in [0.2, 0.25) is 5.02 Å². The second-order valence-electron chi connectivity index (χ2n) is 6.53. The number of fused-ring (bicyclic) bond motifs is 1. The van der Waals surface area contributed by atoms with Crippen molar-refractivity contribution in [2.45, 2.75) is 36.5 Å². The number of thioether (sulfide) groups is 1. The number of hydrogen-bond donors (Lipinski definition) is 2. The van der Waals surface area contributed by atoms with E-state index in [1.54, 1.807) is 31.2 Å². The summed E-state index contributed by atoms with van der Waals surface area (Å²) < 4.78 is 18.7. The lowest BCUT2D eigenvalue weighted by Crippen LogP contribution is -2.34. The highest BCUT2D eigenvalue weighted by atomic mass is 35.5. The Balaban J connectivity index is 1.55. The van der Waals surface area contributed by atoms with Crippen LogP contribution in [-0.2, 0) is 19.1 Å². The smallest absolute Gasteiger partial charge is 0.308 e. The highest BCUT2D eigenvalue weighted by Gasteiger charge is 2.30. The molecule has 2 unspecified atom stereocenters. The van der Waals surface area contributed by atoms with Gasteiger partial charge in [0.1, 0.15) is 5.82 Å². The zero-order valence-corrected chi connectivity index (χ0v) is 17.2. The van der Waals surface area contributed by atoms with Crippen LogP contribution in [0.4, 0.5) is 15.8 Å². The van der Waals surface area contributed by atoms with E-state index in [9.17, 15) is 18.8 Å². The molecule has 0 saturated carbocycles. The standard InChI is InChI=1S/C20H18ClFN2O4S/c1-10-3-5-13(8-14(10)22)23-19(26)11(2)28-18(25)9-17-20(27)24-15-7-12(21)4-6-16(15)29-17/h3-8,11,17H,9H2,1-2H3,(H,23,26)(H,24,27). The number of halogens is 2. The van der Waals surface area contributed by atoms with Gasteiger partial charge in [0.05, 0.1) is 17.4 Å². The Kier molecular flexibility index (Phi) is 6.44. The van der Waals surface area contributed by atoms with Gasteiger partial charge >= 0.3 is 5.97 Å². The molecule has 3 rings (SSSR count). The van der Waals surface area contributed by atoms with Crippen molar-refractivity contribution in [3.8, 4) is 0 Å². The number of carbonyl (C=O) groups excluding carboxylic acids is 3. The molecule has 0 spiro atoms. The fourth-order valence-corrected chi connectivity index (χ4v) is 3.87. The molecule has 1 aliphatic rings. The topological polar surface area (TPSA) is 84.5 Å². The van der Waals surface area contributed by atoms with Crippen molar-refractivity contribution in [2.75, 3.05) is 10.6 Å². The number of anilines is 2. The Morgan fingerprint density at radius 1 is 1.31 bits per heavy atom. The van der Waals surface area contributed by atoms with Crippen LogP contribution in [0.15, 0.2) is 41.3 Å². The molecule has 152 valence electrons. The van der Waals surface area contributed by atoms with E-state index in [4.69, 9.17) is 16.3 Å². The minimum absolute atomic E-state index is 0.199. The molecule has 2 aromatic carbocycles. The molecular weight excluding hydrogens is 419 g/mol. The number of esters is 1. The number of hydrogen-bond acceptors (Lipinski definition) is 5. The lowest BCUT2D eigenvalue weighted by atomic mass is 10.2. The average molecular weight is 437 g/mol. The Labute approximate surface area is 176 Å². The number of amides is 2. The first-order chi connectivity index (χ1) is 13.7. The first-order valence-corrected chi connectivity index (χ1v) is 10.0. The van der Waals surface area contributed by atoms with Crippen molar-refractivity contribution in [3.05, 3.63) is 52.8 Å². The molecule has 0 radical (unpaired) electrons. The summed E-state index contributed by atoms with van der Waals surface area (Å²) in [4.78, 5) is 37.4. The molecule has 2 aromatic rings. The number of aryl methyl sites for hydroxylation is 1. The molecule has 2 N–H and O–H groups in total. The highest BCUT2D eigenvalue weighted by molar-refractivity contribution is 8.01. The van der Waals surface area contributed by atoms with Gasteiger partial charge in [0.25, 0.3) is 5.91 Å². The molecule has 0 fully saturated rings. The van der Waals surface area contributed by atoms with Crippen LogP contribution < -0.4 is 10.6 Å². The molecule has 29 heavy (non-hydrogen) atoms. The minimum Gasteiger partial charge on any atom is -0.452 e. The van der Waals surface area contributed by atoms with E-state index in [-0.39, 0.29) is 18.0 Å². The third kappa shape index (κ3) is 5.27. The van der Waals surface area contributed by atoms with Crippen molar-refractivity contribution < 1.29 is 23.5 Å². The zero-order valence-electron chi connectivity index (χ0n) is 15.6. The predicted molar refractivity (Wildman–Crippen MR) is 110 cm³/mol. The molecule has 0 saturated heterocycles. The Bertz CT molecular complexity index is 985. The first kappa shape index (κ1) is 21.1. The Hall–Kier alpha value is -2.58. The fourth-order valence-electron chi connectivity index (χ4n) is 2.62. The van der Waals surface area contributed by atoms with Crippen molar-refractivity contribution in [2.24, 2.45) is 0 Å². The largest absolute Gasteiger partial charge is 0.452 e. The monoisotopic (exact) mass is 436 g/mol. The van der Waals surface area contributed by atoms with E-state index in [1.165, 1.54) is 30.8 Å². The summed E-state index contributed by atoms with van der Waals surface area (Å²) in [5, 5.41) is 5.01. The molecule has 9 heteroatoms. The van der Waals surface area contributed by atoms with Crippen LogP contribution in [0.3, 0.4) is 0 Å². The van der Waals surface area contributed by atoms with E-state index in [0.717, 1.165) is 4.90 Å². The summed E-state index contributed by atoms with van der Waals surface area (Å²) in [7, 11) is 0. The highest BCUT2D eigenvalue weighted by Crippen LogP contribution is 2.38. The normalized spacial score (nSPS) is 16.4. The molecule has 1 heterocycles. The summed E-state index contributed by atoms with van der Waals surface area (Å²) in [6.07, 6.45) is -1.30. The van der Waals surface area contributed by atoms with E-state index < -0.39 is 29.0 Å². The van der Waals surface area contributed by atoms with Crippen LogP contribution in [0, 0.1) is 12.7 Å². The average Bonchev–Trinajstić information content (AvgIpc) is 2.65. The second kappa shape index (κ2) is 8.84. The molecule has 2 atom stereocenters. The van der Waals surface area contributed by atoms with Crippen LogP contribution in [-0.4, -0.2) is 29.1 Å². The molecule has 0 aliphatic carbocycles. The van der Waals surface area contributed by atoms with Gasteiger partial charge in [-0.05, 0) is 49.7 Å². The van der Waals surface area contributed by atoms with Gasteiger partial charge in [-0.1, -0.05) is 17.7 Å². The van der Waals surface area contributed by atoms with Crippen molar-refractivity contribution >= 4 is 52.5 Å². The van der Waals surface area contributed by atoms with Crippen LogP contribution in [0.1, 0.15) is 18.9 Å². The van der Waals surface area contributed by atoms with E-state index in [0.29, 0.717) is 16.3 Å². The second-order valence-corrected chi connectivity index (χ2v) is 8.21. The Morgan fingerprint density at radius 2 is 2.07 bits per heavy atom. The lowest BCUT2D eigenvalue weighted by molar-refractivity contribution is -0.153. The SMILES string of the molecule is Cc1ccc(NC(=O)C(C)OC(=O)CC2Sc3ccc(Cl)cc3NC2=O)cc1F.